The Balaban J connectivity index is 1.61. The van der Waals surface area contributed by atoms with Crippen molar-refractivity contribution in [3.63, 3.8) is 0 Å². The molecular weight excluding hydrogens is 370 g/mol. The van der Waals surface area contributed by atoms with Crippen LogP contribution < -0.4 is 0 Å². The summed E-state index contributed by atoms with van der Waals surface area (Å²) >= 11 is 7.78. The molecule has 2 unspecified atom stereocenters. The van der Waals surface area contributed by atoms with Gasteiger partial charge < -0.3 is 10.2 Å². The van der Waals surface area contributed by atoms with E-state index in [1.54, 1.807) is 18.5 Å². The maximum atomic E-state index is 11.0. The summed E-state index contributed by atoms with van der Waals surface area (Å²) in [5.41, 5.74) is 0.830. The monoisotopic (exact) mass is 389 g/mol. The van der Waals surface area contributed by atoms with Gasteiger partial charge in [0.25, 0.3) is 0 Å². The van der Waals surface area contributed by atoms with Crippen molar-refractivity contribution in [2.24, 2.45) is 11.8 Å². The Morgan fingerprint density at radius 2 is 2.23 bits per heavy atom. The maximum Gasteiger partial charge on any atom is 0.345 e. The molecule has 26 heavy (non-hydrogen) atoms. The van der Waals surface area contributed by atoms with Gasteiger partial charge in [0.1, 0.15) is 4.88 Å². The largest absolute Gasteiger partial charge is 0.477 e. The average Bonchev–Trinajstić information content (AvgIpc) is 3.19. The van der Waals surface area contributed by atoms with Crippen molar-refractivity contribution in [1.29, 1.82) is 0 Å². The highest BCUT2D eigenvalue weighted by molar-refractivity contribution is 7.13. The average molecular weight is 390 g/mol. The van der Waals surface area contributed by atoms with Gasteiger partial charge >= 0.3 is 5.97 Å². The Morgan fingerprint density at radius 1 is 1.38 bits per heavy atom. The summed E-state index contributed by atoms with van der Waals surface area (Å²) in [7, 11) is 0. The normalized spacial score (nSPS) is 24.8. The molecule has 0 amide bonds. The number of hydrogen-bond acceptors (Lipinski definition) is 4. The van der Waals surface area contributed by atoms with E-state index in [1.807, 2.05) is 18.2 Å². The van der Waals surface area contributed by atoms with Gasteiger partial charge in [0.05, 0.1) is 12.0 Å². The molecule has 0 radical (unpaired) electrons. The standard InChI is InChI=1S/C20H20ClNO3S/c21-17-11-18(23)16(8-6-13-3-2-10-22-12-13)15(17)5-1-4-14-7-9-19(26-14)20(24)25/h2-3,7,9-10,12,15-18,23H,1,4-5,11H2,(H,24,25)/t15?,16-,17-,18?/m1/s1. The number of aryl methyl sites for hydroxylation is 1. The Labute approximate surface area is 161 Å². The van der Waals surface area contributed by atoms with E-state index in [0.29, 0.717) is 11.3 Å². The first kappa shape index (κ1) is 18.9. The van der Waals surface area contributed by atoms with Crippen molar-refractivity contribution in [1.82, 2.24) is 4.98 Å². The van der Waals surface area contributed by atoms with E-state index in [-0.39, 0.29) is 17.2 Å². The third-order valence-corrected chi connectivity index (χ3v) is 6.32. The molecule has 6 heteroatoms. The summed E-state index contributed by atoms with van der Waals surface area (Å²) in [6.07, 6.45) is 6.03. The molecule has 4 nitrogen and oxygen atoms in total. The fourth-order valence-electron chi connectivity index (χ4n) is 3.37. The van der Waals surface area contributed by atoms with Gasteiger partial charge in [-0.3, -0.25) is 4.98 Å². The number of aliphatic hydroxyl groups excluding tert-OH is 1. The topological polar surface area (TPSA) is 70.4 Å². The van der Waals surface area contributed by atoms with Crippen molar-refractivity contribution in [2.75, 3.05) is 0 Å². The molecule has 0 spiro atoms. The first-order valence-corrected chi connectivity index (χ1v) is 9.85. The Morgan fingerprint density at radius 3 is 2.92 bits per heavy atom. The van der Waals surface area contributed by atoms with Gasteiger partial charge in [-0.25, -0.2) is 4.79 Å². The van der Waals surface area contributed by atoms with Crippen LogP contribution in [-0.2, 0) is 6.42 Å². The predicted octanol–water partition coefficient (Wildman–Crippen LogP) is 3.82. The van der Waals surface area contributed by atoms with E-state index in [9.17, 15) is 9.90 Å². The van der Waals surface area contributed by atoms with E-state index in [2.05, 4.69) is 16.8 Å². The molecule has 1 aliphatic carbocycles. The first-order chi connectivity index (χ1) is 12.5. The number of alkyl halides is 1. The van der Waals surface area contributed by atoms with Crippen LogP contribution in [0, 0.1) is 23.7 Å². The number of rotatable bonds is 5. The van der Waals surface area contributed by atoms with Gasteiger partial charge in [-0.05, 0) is 55.9 Å². The number of carboxylic acids is 1. The third kappa shape index (κ3) is 4.64. The Kier molecular flexibility index (Phi) is 6.31. The van der Waals surface area contributed by atoms with E-state index in [4.69, 9.17) is 16.7 Å². The number of carbonyl (C=O) groups is 1. The molecule has 0 aromatic carbocycles. The lowest BCUT2D eigenvalue weighted by Crippen LogP contribution is -2.19. The molecule has 136 valence electrons. The van der Waals surface area contributed by atoms with Gasteiger partial charge in [-0.2, -0.15) is 0 Å². The lowest BCUT2D eigenvalue weighted by Gasteiger charge is -2.18. The second-order valence-electron chi connectivity index (χ2n) is 6.48. The van der Waals surface area contributed by atoms with Crippen LogP contribution in [0.3, 0.4) is 0 Å². The van der Waals surface area contributed by atoms with Crippen LogP contribution in [0.2, 0.25) is 0 Å². The molecule has 0 saturated heterocycles. The zero-order chi connectivity index (χ0) is 18.5. The maximum absolute atomic E-state index is 11.0. The van der Waals surface area contributed by atoms with Crippen LogP contribution in [0.25, 0.3) is 0 Å². The van der Waals surface area contributed by atoms with Crippen LogP contribution in [0.5, 0.6) is 0 Å². The van der Waals surface area contributed by atoms with E-state index in [1.165, 1.54) is 11.3 Å². The molecule has 1 saturated carbocycles. The van der Waals surface area contributed by atoms with Crippen LogP contribution in [0.4, 0.5) is 0 Å². The minimum Gasteiger partial charge on any atom is -0.477 e. The van der Waals surface area contributed by atoms with E-state index in [0.717, 1.165) is 29.7 Å². The number of aliphatic hydroxyl groups is 1. The number of aromatic nitrogens is 1. The fourth-order valence-corrected chi connectivity index (χ4v) is 4.72. The number of thiophene rings is 1. The number of pyridine rings is 1. The molecule has 0 bridgehead atoms. The quantitative estimate of drug-likeness (QED) is 0.602. The number of aromatic carboxylic acids is 1. The lowest BCUT2D eigenvalue weighted by molar-refractivity contribution is 0.0702. The van der Waals surface area contributed by atoms with E-state index < -0.39 is 12.1 Å². The predicted molar refractivity (Wildman–Crippen MR) is 103 cm³/mol. The number of nitrogens with zero attached hydrogens (tertiary/aromatic N) is 1. The molecule has 2 heterocycles. The van der Waals surface area contributed by atoms with Crippen LogP contribution in [-0.4, -0.2) is 32.6 Å². The van der Waals surface area contributed by atoms with E-state index >= 15 is 0 Å². The van der Waals surface area contributed by atoms with Crippen LogP contribution in [0.15, 0.2) is 36.7 Å². The zero-order valence-corrected chi connectivity index (χ0v) is 15.7. The Bertz CT molecular complexity index is 811. The summed E-state index contributed by atoms with van der Waals surface area (Å²) in [5, 5.41) is 19.2. The van der Waals surface area contributed by atoms with Gasteiger partial charge in [-0.1, -0.05) is 11.8 Å². The minimum atomic E-state index is -0.883. The van der Waals surface area contributed by atoms with Gasteiger partial charge in [0, 0.05) is 28.2 Å². The summed E-state index contributed by atoms with van der Waals surface area (Å²) in [6, 6.07) is 7.25. The lowest BCUT2D eigenvalue weighted by atomic mass is 9.90. The number of halogens is 1. The van der Waals surface area contributed by atoms with Crippen LogP contribution in [0.1, 0.15) is 39.4 Å². The fraction of sp³-hybridized carbons (Fsp3) is 0.400. The molecular formula is C20H20ClNO3S. The molecule has 1 aliphatic rings. The second-order valence-corrected chi connectivity index (χ2v) is 8.21. The second kappa shape index (κ2) is 8.68. The van der Waals surface area contributed by atoms with Crippen molar-refractivity contribution in [2.45, 2.75) is 37.2 Å². The third-order valence-electron chi connectivity index (χ3n) is 4.68. The highest BCUT2D eigenvalue weighted by Crippen LogP contribution is 2.39. The number of carboxylic acid groups (broad SMARTS) is 1. The molecule has 4 atom stereocenters. The highest BCUT2D eigenvalue weighted by Gasteiger charge is 2.40. The zero-order valence-electron chi connectivity index (χ0n) is 14.1. The summed E-state index contributed by atoms with van der Waals surface area (Å²) in [4.78, 5) is 16.4. The SMILES string of the molecule is O=C(O)c1ccc(CCCC2[C@@H](C#Cc3cccnc3)C(O)C[C@H]2Cl)s1. The van der Waals surface area contributed by atoms with Gasteiger partial charge in [0.2, 0.25) is 0 Å². The molecule has 0 aliphatic heterocycles. The first-order valence-electron chi connectivity index (χ1n) is 8.60. The highest BCUT2D eigenvalue weighted by atomic mass is 35.5. The van der Waals surface area contributed by atoms with Crippen LogP contribution >= 0.6 is 22.9 Å². The smallest absolute Gasteiger partial charge is 0.345 e. The van der Waals surface area contributed by atoms with Crippen molar-refractivity contribution in [3.05, 3.63) is 52.0 Å². The molecule has 1 fully saturated rings. The number of hydrogen-bond donors (Lipinski definition) is 2. The summed E-state index contributed by atoms with van der Waals surface area (Å²) in [5.74, 6) is 5.40. The van der Waals surface area contributed by atoms with Gasteiger partial charge in [0.15, 0.2) is 0 Å². The van der Waals surface area contributed by atoms with Gasteiger partial charge in [-0.15, -0.1) is 22.9 Å². The Hall–Kier alpha value is -1.87. The molecule has 2 aromatic rings. The molecule has 2 N–H and O–H groups in total. The van der Waals surface area contributed by atoms with Crippen molar-refractivity contribution < 1.29 is 15.0 Å². The molecule has 2 aromatic heterocycles. The minimum absolute atomic E-state index is 0.0869. The van der Waals surface area contributed by atoms with Crippen molar-refractivity contribution in [3.8, 4) is 11.8 Å². The summed E-state index contributed by atoms with van der Waals surface area (Å²) < 4.78 is 0. The summed E-state index contributed by atoms with van der Waals surface area (Å²) in [6.45, 7) is 0. The molecule has 3 rings (SSSR count). The van der Waals surface area contributed by atoms with Crippen molar-refractivity contribution >= 4 is 28.9 Å².